The van der Waals surface area contributed by atoms with Crippen LogP contribution in [0.4, 0.5) is 0 Å². The fourth-order valence-corrected chi connectivity index (χ4v) is 3.71. The third-order valence-corrected chi connectivity index (χ3v) is 4.93. The molecule has 3 aromatic rings. The van der Waals surface area contributed by atoms with E-state index in [0.29, 0.717) is 23.7 Å². The number of benzene rings is 2. The maximum Gasteiger partial charge on any atom is 0.289 e. The average molecular weight is 382 g/mol. The summed E-state index contributed by atoms with van der Waals surface area (Å²) in [6, 6.07) is 15.1. The lowest BCUT2D eigenvalue weighted by Gasteiger charge is -2.10. The molecule has 0 saturated heterocycles. The normalized spacial score (nSPS) is 12.7. The van der Waals surface area contributed by atoms with Gasteiger partial charge >= 0.3 is 0 Å². The van der Waals surface area contributed by atoms with Gasteiger partial charge in [-0.15, -0.1) is 6.58 Å². The van der Waals surface area contributed by atoms with Gasteiger partial charge in [0.15, 0.2) is 10.9 Å². The fourth-order valence-electron chi connectivity index (χ4n) is 2.64. The Morgan fingerprint density at radius 3 is 2.74 bits per heavy atom. The topological polar surface area (TPSA) is 52.8 Å². The Morgan fingerprint density at radius 1 is 1.26 bits per heavy atom. The van der Waals surface area contributed by atoms with Crippen LogP contribution in [-0.2, 0) is 11.3 Å². The zero-order valence-electron chi connectivity index (χ0n) is 15.4. The van der Waals surface area contributed by atoms with Gasteiger partial charge in [-0.05, 0) is 44.2 Å². The summed E-state index contributed by atoms with van der Waals surface area (Å²) < 4.78 is 14.2. The minimum Gasteiger partial charge on any atom is -0.494 e. The van der Waals surface area contributed by atoms with E-state index in [1.165, 1.54) is 11.3 Å². The number of rotatable bonds is 7. The van der Waals surface area contributed by atoms with Crippen molar-refractivity contribution in [1.29, 1.82) is 0 Å². The van der Waals surface area contributed by atoms with Crippen molar-refractivity contribution in [2.45, 2.75) is 26.5 Å². The molecular formula is C21H22N2O3S. The molecule has 0 aliphatic rings. The Morgan fingerprint density at radius 2 is 2.04 bits per heavy atom. The number of thiazole rings is 1. The van der Waals surface area contributed by atoms with Crippen molar-refractivity contribution in [2.24, 2.45) is 4.99 Å². The average Bonchev–Trinajstić information content (AvgIpc) is 2.99. The van der Waals surface area contributed by atoms with Crippen LogP contribution in [0, 0.1) is 0 Å². The van der Waals surface area contributed by atoms with E-state index in [2.05, 4.69) is 11.6 Å². The first-order valence-corrected chi connectivity index (χ1v) is 9.61. The molecule has 0 N–H and O–H groups in total. The summed E-state index contributed by atoms with van der Waals surface area (Å²) in [5.74, 6) is 1.12. The van der Waals surface area contributed by atoms with Gasteiger partial charge in [0.05, 0.1) is 16.8 Å². The Balaban J connectivity index is 1.94. The second kappa shape index (κ2) is 8.68. The summed E-state index contributed by atoms with van der Waals surface area (Å²) in [4.78, 5) is 17.5. The van der Waals surface area contributed by atoms with Crippen molar-refractivity contribution in [1.82, 2.24) is 4.57 Å². The molecule has 0 aliphatic carbocycles. The second-order valence-corrected chi connectivity index (χ2v) is 6.88. The predicted molar refractivity (Wildman–Crippen MR) is 108 cm³/mol. The number of amides is 1. The lowest BCUT2D eigenvalue weighted by molar-refractivity contribution is -0.124. The summed E-state index contributed by atoms with van der Waals surface area (Å²) in [6.07, 6.45) is 1.12. The molecule has 0 fully saturated rings. The van der Waals surface area contributed by atoms with Gasteiger partial charge in [-0.1, -0.05) is 35.6 Å². The van der Waals surface area contributed by atoms with E-state index in [1.807, 2.05) is 60.0 Å². The highest BCUT2D eigenvalue weighted by Gasteiger charge is 2.15. The maximum absolute atomic E-state index is 12.6. The van der Waals surface area contributed by atoms with Crippen LogP contribution in [0.2, 0.25) is 0 Å². The van der Waals surface area contributed by atoms with Crippen molar-refractivity contribution >= 4 is 27.5 Å². The summed E-state index contributed by atoms with van der Waals surface area (Å²) in [7, 11) is 0. The number of fused-ring (bicyclic) bond motifs is 1. The van der Waals surface area contributed by atoms with Gasteiger partial charge in [0.1, 0.15) is 11.5 Å². The monoisotopic (exact) mass is 382 g/mol. The van der Waals surface area contributed by atoms with E-state index in [1.54, 1.807) is 13.0 Å². The summed E-state index contributed by atoms with van der Waals surface area (Å²) >= 11 is 1.45. The van der Waals surface area contributed by atoms with Crippen molar-refractivity contribution < 1.29 is 14.3 Å². The van der Waals surface area contributed by atoms with Crippen LogP contribution >= 0.6 is 11.3 Å². The zero-order chi connectivity index (χ0) is 19.2. The fraction of sp³-hybridized carbons (Fsp3) is 0.238. The largest absolute Gasteiger partial charge is 0.494 e. The van der Waals surface area contributed by atoms with Crippen LogP contribution < -0.4 is 14.3 Å². The van der Waals surface area contributed by atoms with Gasteiger partial charge in [-0.2, -0.15) is 4.99 Å². The number of para-hydroxylation sites is 1. The highest BCUT2D eigenvalue weighted by atomic mass is 32.1. The minimum atomic E-state index is -0.672. The van der Waals surface area contributed by atoms with Gasteiger partial charge in [0.2, 0.25) is 0 Å². The van der Waals surface area contributed by atoms with Crippen molar-refractivity contribution in [3.8, 4) is 11.5 Å². The number of carbonyl (C=O) groups is 1. The molecule has 1 heterocycles. The molecule has 140 valence electrons. The van der Waals surface area contributed by atoms with Gasteiger partial charge in [0.25, 0.3) is 5.91 Å². The van der Waals surface area contributed by atoms with E-state index in [4.69, 9.17) is 9.47 Å². The first-order chi connectivity index (χ1) is 13.1. The summed E-state index contributed by atoms with van der Waals surface area (Å²) in [6.45, 7) is 8.63. The lowest BCUT2D eigenvalue weighted by Crippen LogP contribution is -2.25. The van der Waals surface area contributed by atoms with Crippen LogP contribution in [-0.4, -0.2) is 23.2 Å². The molecule has 1 amide bonds. The number of carbonyl (C=O) groups excluding carboxylic acids is 1. The Bertz CT molecular complexity index is 1010. The van der Waals surface area contributed by atoms with Crippen molar-refractivity contribution in [2.75, 3.05) is 6.61 Å². The standard InChI is InChI=1S/C21H22N2O3S/c1-4-13-23-18-12-11-17(25-5-2)14-19(18)27-21(23)22-20(24)15(3)26-16-9-7-6-8-10-16/h4,6-12,14-15H,1,5,13H2,2-3H3. The Labute approximate surface area is 162 Å². The van der Waals surface area contributed by atoms with Crippen LogP contribution in [0.1, 0.15) is 13.8 Å². The number of nitrogens with zero attached hydrogens (tertiary/aromatic N) is 2. The zero-order valence-corrected chi connectivity index (χ0v) is 16.2. The minimum absolute atomic E-state index is 0.326. The highest BCUT2D eigenvalue weighted by Crippen LogP contribution is 2.23. The molecule has 1 aromatic heterocycles. The molecule has 1 atom stereocenters. The van der Waals surface area contributed by atoms with Gasteiger partial charge in [0, 0.05) is 6.54 Å². The smallest absolute Gasteiger partial charge is 0.289 e. The van der Waals surface area contributed by atoms with Crippen LogP contribution in [0.3, 0.4) is 0 Å². The van der Waals surface area contributed by atoms with Crippen molar-refractivity contribution in [3.63, 3.8) is 0 Å². The van der Waals surface area contributed by atoms with Crippen LogP contribution in [0.15, 0.2) is 66.2 Å². The lowest BCUT2D eigenvalue weighted by atomic mass is 10.3. The third kappa shape index (κ3) is 4.46. The molecule has 0 spiro atoms. The Kier molecular flexibility index (Phi) is 6.08. The maximum atomic E-state index is 12.6. The van der Waals surface area contributed by atoms with Crippen LogP contribution in [0.25, 0.3) is 10.2 Å². The Hall–Kier alpha value is -2.86. The molecule has 0 saturated carbocycles. The number of hydrogen-bond acceptors (Lipinski definition) is 4. The first-order valence-electron chi connectivity index (χ1n) is 8.79. The molecule has 0 radical (unpaired) electrons. The van der Waals surface area contributed by atoms with E-state index in [-0.39, 0.29) is 5.91 Å². The van der Waals surface area contributed by atoms with E-state index in [0.717, 1.165) is 16.0 Å². The summed E-state index contributed by atoms with van der Waals surface area (Å²) in [5, 5.41) is 0. The first kappa shape index (κ1) is 18.9. The van der Waals surface area contributed by atoms with Gasteiger partial charge in [-0.3, -0.25) is 4.79 Å². The summed E-state index contributed by atoms with van der Waals surface area (Å²) in [5.41, 5.74) is 0.992. The third-order valence-electron chi connectivity index (χ3n) is 3.89. The molecule has 2 aromatic carbocycles. The molecular weight excluding hydrogens is 360 g/mol. The quantitative estimate of drug-likeness (QED) is 0.576. The van der Waals surface area contributed by atoms with Crippen molar-refractivity contribution in [3.05, 3.63) is 66.0 Å². The number of aromatic nitrogens is 1. The van der Waals surface area contributed by atoms with Gasteiger partial charge in [-0.25, -0.2) is 0 Å². The van der Waals surface area contributed by atoms with E-state index in [9.17, 15) is 4.79 Å². The molecule has 27 heavy (non-hydrogen) atoms. The number of allylic oxidation sites excluding steroid dienone is 1. The van der Waals surface area contributed by atoms with E-state index >= 15 is 0 Å². The highest BCUT2D eigenvalue weighted by molar-refractivity contribution is 7.16. The number of ether oxygens (including phenoxy) is 2. The van der Waals surface area contributed by atoms with Crippen LogP contribution in [0.5, 0.6) is 11.5 Å². The molecule has 0 bridgehead atoms. The predicted octanol–water partition coefficient (Wildman–Crippen LogP) is 4.18. The second-order valence-electron chi connectivity index (χ2n) is 5.87. The molecule has 3 rings (SSSR count). The molecule has 5 nitrogen and oxygen atoms in total. The molecule has 6 heteroatoms. The van der Waals surface area contributed by atoms with Gasteiger partial charge < -0.3 is 14.0 Å². The SMILES string of the molecule is C=CCn1c(=NC(=O)C(C)Oc2ccccc2)sc2cc(OCC)ccc21. The molecule has 0 aliphatic heterocycles. The molecule has 1 unspecified atom stereocenters. The van der Waals surface area contributed by atoms with E-state index < -0.39 is 6.10 Å². The number of hydrogen-bond donors (Lipinski definition) is 0.